The Labute approximate surface area is 123 Å². The largest absolute Gasteiger partial charge is 0.484 e. The highest BCUT2D eigenvalue weighted by Gasteiger charge is 2.03. The third-order valence-corrected chi connectivity index (χ3v) is 3.16. The van der Waals surface area contributed by atoms with E-state index in [0.717, 1.165) is 6.42 Å². The lowest BCUT2D eigenvalue weighted by Crippen LogP contribution is -2.30. The van der Waals surface area contributed by atoms with E-state index in [4.69, 9.17) is 4.74 Å². The van der Waals surface area contributed by atoms with Crippen LogP contribution in [0.15, 0.2) is 48.5 Å². The number of rotatable bonds is 6. The molecular weight excluding hydrogens is 269 g/mol. The van der Waals surface area contributed by atoms with E-state index in [9.17, 15) is 9.18 Å². The second kappa shape index (κ2) is 7.43. The number of hydrogen-bond donors (Lipinski definition) is 1. The first-order valence-electron chi connectivity index (χ1n) is 6.85. The van der Waals surface area contributed by atoms with Crippen molar-refractivity contribution in [3.8, 4) is 5.75 Å². The van der Waals surface area contributed by atoms with Gasteiger partial charge in [0, 0.05) is 6.54 Å². The third kappa shape index (κ3) is 4.91. The summed E-state index contributed by atoms with van der Waals surface area (Å²) in [5, 5.41) is 2.80. The Bertz CT molecular complexity index is 596. The highest BCUT2D eigenvalue weighted by molar-refractivity contribution is 5.77. The summed E-state index contributed by atoms with van der Waals surface area (Å²) < 4.78 is 18.0. The minimum Gasteiger partial charge on any atom is -0.484 e. The number of carbonyl (C=O) groups excluding carboxylic acids is 1. The monoisotopic (exact) mass is 287 g/mol. The molecule has 0 aliphatic carbocycles. The van der Waals surface area contributed by atoms with Crippen LogP contribution < -0.4 is 10.1 Å². The number of nitrogens with one attached hydrogen (secondary N) is 1. The van der Waals surface area contributed by atoms with Gasteiger partial charge < -0.3 is 10.1 Å². The van der Waals surface area contributed by atoms with Crippen LogP contribution in [0, 0.1) is 12.7 Å². The molecule has 0 atom stereocenters. The molecule has 0 aliphatic rings. The molecule has 110 valence electrons. The average Bonchev–Trinajstić information content (AvgIpc) is 2.49. The lowest BCUT2D eigenvalue weighted by Gasteiger charge is -2.08. The molecule has 0 heterocycles. The van der Waals surface area contributed by atoms with Gasteiger partial charge in [-0.25, -0.2) is 4.39 Å². The standard InChI is InChI=1S/C17H18FNO2/c1-13-4-2-3-5-14(13)10-11-19-17(20)12-21-16-8-6-15(18)7-9-16/h2-9H,10-12H2,1H3,(H,19,20). The van der Waals surface area contributed by atoms with Gasteiger partial charge in [-0.1, -0.05) is 24.3 Å². The van der Waals surface area contributed by atoms with Crippen LogP contribution in [0.1, 0.15) is 11.1 Å². The molecule has 3 nitrogen and oxygen atoms in total. The third-order valence-electron chi connectivity index (χ3n) is 3.16. The molecule has 2 aromatic carbocycles. The minimum atomic E-state index is -0.329. The van der Waals surface area contributed by atoms with Crippen LogP contribution in [0.25, 0.3) is 0 Å². The van der Waals surface area contributed by atoms with Gasteiger partial charge in [0.2, 0.25) is 0 Å². The summed E-state index contributed by atoms with van der Waals surface area (Å²) >= 11 is 0. The van der Waals surface area contributed by atoms with Gasteiger partial charge in [-0.3, -0.25) is 4.79 Å². The van der Waals surface area contributed by atoms with E-state index >= 15 is 0 Å². The highest BCUT2D eigenvalue weighted by Crippen LogP contribution is 2.10. The first kappa shape index (κ1) is 15.0. The number of amides is 1. The number of hydrogen-bond acceptors (Lipinski definition) is 2. The summed E-state index contributed by atoms with van der Waals surface area (Å²) in [6.45, 7) is 2.55. The quantitative estimate of drug-likeness (QED) is 0.887. The smallest absolute Gasteiger partial charge is 0.257 e. The van der Waals surface area contributed by atoms with E-state index in [1.54, 1.807) is 0 Å². The zero-order valence-corrected chi connectivity index (χ0v) is 11.9. The number of benzene rings is 2. The Morgan fingerprint density at radius 3 is 2.57 bits per heavy atom. The van der Waals surface area contributed by atoms with Crippen molar-refractivity contribution in [1.29, 1.82) is 0 Å². The Kier molecular flexibility index (Phi) is 5.32. The maximum atomic E-state index is 12.7. The van der Waals surface area contributed by atoms with Gasteiger partial charge in [0.1, 0.15) is 11.6 Å². The summed E-state index contributed by atoms with van der Waals surface area (Å²) in [6.07, 6.45) is 0.787. The van der Waals surface area contributed by atoms with Crippen molar-refractivity contribution in [1.82, 2.24) is 5.32 Å². The molecule has 1 N–H and O–H groups in total. The molecule has 2 rings (SSSR count). The van der Waals surface area contributed by atoms with Crippen LogP contribution in [0.5, 0.6) is 5.75 Å². The number of aryl methyl sites for hydroxylation is 1. The van der Waals surface area contributed by atoms with Crippen molar-refractivity contribution in [3.63, 3.8) is 0 Å². The Morgan fingerprint density at radius 1 is 1.14 bits per heavy atom. The van der Waals surface area contributed by atoms with Gasteiger partial charge >= 0.3 is 0 Å². The molecule has 2 aromatic rings. The van der Waals surface area contributed by atoms with Crippen LogP contribution in [0.3, 0.4) is 0 Å². The zero-order chi connectivity index (χ0) is 15.1. The van der Waals surface area contributed by atoms with Gasteiger partial charge in [0.05, 0.1) is 0 Å². The number of carbonyl (C=O) groups is 1. The molecule has 0 aliphatic heterocycles. The molecule has 0 spiro atoms. The fourth-order valence-electron chi connectivity index (χ4n) is 1.96. The molecule has 4 heteroatoms. The zero-order valence-electron chi connectivity index (χ0n) is 11.9. The van der Waals surface area contributed by atoms with Crippen molar-refractivity contribution in [2.75, 3.05) is 13.2 Å². The molecule has 21 heavy (non-hydrogen) atoms. The van der Waals surface area contributed by atoms with Crippen molar-refractivity contribution in [2.45, 2.75) is 13.3 Å². The molecule has 0 saturated heterocycles. The summed E-state index contributed by atoms with van der Waals surface area (Å²) in [4.78, 5) is 11.6. The molecule has 0 bridgehead atoms. The molecule has 0 aromatic heterocycles. The number of halogens is 1. The summed E-state index contributed by atoms with van der Waals surface area (Å²) in [7, 11) is 0. The number of ether oxygens (including phenoxy) is 1. The molecule has 0 unspecified atom stereocenters. The van der Waals surface area contributed by atoms with Crippen molar-refractivity contribution in [2.24, 2.45) is 0 Å². The van der Waals surface area contributed by atoms with E-state index < -0.39 is 0 Å². The van der Waals surface area contributed by atoms with Crippen LogP contribution in [-0.4, -0.2) is 19.1 Å². The Morgan fingerprint density at radius 2 is 1.86 bits per heavy atom. The van der Waals surface area contributed by atoms with Gasteiger partial charge in [-0.2, -0.15) is 0 Å². The van der Waals surface area contributed by atoms with E-state index in [0.29, 0.717) is 12.3 Å². The van der Waals surface area contributed by atoms with Gasteiger partial charge in [0.25, 0.3) is 5.91 Å². The molecule has 0 saturated carbocycles. The van der Waals surface area contributed by atoms with Gasteiger partial charge in [0.15, 0.2) is 6.61 Å². The van der Waals surface area contributed by atoms with E-state index in [1.807, 2.05) is 12.1 Å². The molecule has 1 amide bonds. The Hall–Kier alpha value is -2.36. The van der Waals surface area contributed by atoms with Crippen molar-refractivity contribution >= 4 is 5.91 Å². The maximum absolute atomic E-state index is 12.7. The summed E-state index contributed by atoms with van der Waals surface area (Å²) in [6, 6.07) is 13.7. The summed E-state index contributed by atoms with van der Waals surface area (Å²) in [5.74, 6) is -0.0385. The molecule has 0 fully saturated rings. The minimum absolute atomic E-state index is 0.0700. The van der Waals surface area contributed by atoms with Crippen LogP contribution >= 0.6 is 0 Å². The topological polar surface area (TPSA) is 38.3 Å². The first-order chi connectivity index (χ1) is 10.1. The van der Waals surface area contributed by atoms with E-state index in [2.05, 4.69) is 24.4 Å². The SMILES string of the molecule is Cc1ccccc1CCNC(=O)COc1ccc(F)cc1. The van der Waals surface area contributed by atoms with Crippen molar-refractivity contribution < 1.29 is 13.9 Å². The second-order valence-corrected chi connectivity index (χ2v) is 4.77. The van der Waals surface area contributed by atoms with Crippen molar-refractivity contribution in [3.05, 3.63) is 65.5 Å². The predicted molar refractivity (Wildman–Crippen MR) is 79.8 cm³/mol. The molecule has 0 radical (unpaired) electrons. The Balaban J connectivity index is 1.70. The highest BCUT2D eigenvalue weighted by atomic mass is 19.1. The fraction of sp³-hybridized carbons (Fsp3) is 0.235. The maximum Gasteiger partial charge on any atom is 0.257 e. The van der Waals surface area contributed by atoms with Crippen LogP contribution in [-0.2, 0) is 11.2 Å². The first-order valence-corrected chi connectivity index (χ1v) is 6.85. The van der Waals surface area contributed by atoms with Gasteiger partial charge in [-0.15, -0.1) is 0 Å². The van der Waals surface area contributed by atoms with Crippen LogP contribution in [0.2, 0.25) is 0 Å². The second-order valence-electron chi connectivity index (χ2n) is 4.77. The van der Waals surface area contributed by atoms with E-state index in [-0.39, 0.29) is 18.3 Å². The molecular formula is C17H18FNO2. The fourth-order valence-corrected chi connectivity index (χ4v) is 1.96. The lowest BCUT2D eigenvalue weighted by atomic mass is 10.1. The van der Waals surface area contributed by atoms with Gasteiger partial charge in [-0.05, 0) is 48.7 Å². The van der Waals surface area contributed by atoms with Crippen LogP contribution in [0.4, 0.5) is 4.39 Å². The summed E-state index contributed by atoms with van der Waals surface area (Å²) in [5.41, 5.74) is 2.44. The lowest BCUT2D eigenvalue weighted by molar-refractivity contribution is -0.123. The normalized spacial score (nSPS) is 10.2. The van der Waals surface area contributed by atoms with E-state index in [1.165, 1.54) is 35.4 Å². The predicted octanol–water partition coefficient (Wildman–Crippen LogP) is 2.87. The average molecular weight is 287 g/mol.